The number of fused-ring (bicyclic) bond motifs is 1. The van der Waals surface area contributed by atoms with E-state index in [0.717, 1.165) is 11.1 Å². The topological polar surface area (TPSA) is 90.7 Å². The van der Waals surface area contributed by atoms with E-state index < -0.39 is 9.84 Å². The summed E-state index contributed by atoms with van der Waals surface area (Å²) in [5.41, 5.74) is 2.69. The molecule has 0 saturated heterocycles. The third-order valence-electron chi connectivity index (χ3n) is 5.59. The van der Waals surface area contributed by atoms with E-state index in [1.54, 1.807) is 6.07 Å². The highest BCUT2D eigenvalue weighted by molar-refractivity contribution is 7.91. The lowest BCUT2D eigenvalue weighted by molar-refractivity contribution is 0.171. The van der Waals surface area contributed by atoms with Gasteiger partial charge in [0.15, 0.2) is 11.5 Å². The lowest BCUT2D eigenvalue weighted by Gasteiger charge is -2.19. The molecule has 0 saturated carbocycles. The fourth-order valence-corrected chi connectivity index (χ4v) is 5.09. The van der Waals surface area contributed by atoms with E-state index >= 15 is 0 Å². The van der Waals surface area contributed by atoms with E-state index in [1.165, 1.54) is 12.1 Å². The molecule has 0 amide bonds. The van der Waals surface area contributed by atoms with Crippen molar-refractivity contribution in [1.82, 2.24) is 4.98 Å². The standard InChI is InChI=1S/C26H24N2O5S/c1-17-7-6-10-20(15-17)24-28-26(25(33-24)27-18(2)19-8-4-3-5-9-19)34(29,30)21-11-12-22-23(16-21)32-14-13-31-22/h3-12,15-16,18,27H,13-14H2,1-2H3. The van der Waals surface area contributed by atoms with Gasteiger partial charge in [-0.05, 0) is 43.7 Å². The van der Waals surface area contributed by atoms with Gasteiger partial charge >= 0.3 is 0 Å². The fraction of sp³-hybridized carbons (Fsp3) is 0.192. The normalized spacial score (nSPS) is 13.9. The van der Waals surface area contributed by atoms with Crippen LogP contribution in [-0.2, 0) is 9.84 Å². The van der Waals surface area contributed by atoms with Crippen molar-refractivity contribution in [2.45, 2.75) is 29.8 Å². The third-order valence-corrected chi connectivity index (χ3v) is 7.25. The SMILES string of the molecule is Cc1cccc(-c2nc(S(=O)(=O)c3ccc4c(c3)OCCO4)c(NC(C)c3ccccc3)o2)c1. The first-order valence-corrected chi connectivity index (χ1v) is 12.4. The minimum absolute atomic E-state index is 0.0521. The first-order valence-electron chi connectivity index (χ1n) is 11.0. The van der Waals surface area contributed by atoms with E-state index in [1.807, 2.05) is 68.4 Å². The quantitative estimate of drug-likeness (QED) is 0.397. The zero-order valence-electron chi connectivity index (χ0n) is 18.8. The predicted molar refractivity (Wildman–Crippen MR) is 128 cm³/mol. The summed E-state index contributed by atoms with van der Waals surface area (Å²) in [4.78, 5) is 4.49. The molecule has 0 aliphatic carbocycles. The first kappa shape index (κ1) is 22.0. The summed E-state index contributed by atoms with van der Waals surface area (Å²) in [6.07, 6.45) is 0. The van der Waals surface area contributed by atoms with Crippen LogP contribution >= 0.6 is 0 Å². The summed E-state index contributed by atoms with van der Waals surface area (Å²) < 4.78 is 44.5. The van der Waals surface area contributed by atoms with Crippen molar-refractivity contribution < 1.29 is 22.3 Å². The molecule has 7 nitrogen and oxygen atoms in total. The zero-order valence-corrected chi connectivity index (χ0v) is 19.6. The Hall–Kier alpha value is -3.78. The molecule has 0 fully saturated rings. The number of aromatic nitrogens is 1. The molecule has 34 heavy (non-hydrogen) atoms. The van der Waals surface area contributed by atoms with Crippen LogP contribution in [0.3, 0.4) is 0 Å². The Morgan fingerprint density at radius 2 is 1.68 bits per heavy atom. The number of oxazole rings is 1. The average molecular weight is 477 g/mol. The van der Waals surface area contributed by atoms with Crippen molar-refractivity contribution >= 4 is 15.7 Å². The molecule has 8 heteroatoms. The number of nitrogens with one attached hydrogen (secondary N) is 1. The lowest BCUT2D eigenvalue weighted by atomic mass is 10.1. The van der Waals surface area contributed by atoms with Crippen molar-refractivity contribution in [3.8, 4) is 23.0 Å². The average Bonchev–Trinajstić information content (AvgIpc) is 3.29. The van der Waals surface area contributed by atoms with Crippen LogP contribution in [0.1, 0.15) is 24.1 Å². The van der Waals surface area contributed by atoms with Gasteiger partial charge < -0.3 is 19.2 Å². The highest BCUT2D eigenvalue weighted by Crippen LogP contribution is 2.38. The zero-order chi connectivity index (χ0) is 23.7. The third kappa shape index (κ3) is 4.24. The van der Waals surface area contributed by atoms with Crippen molar-refractivity contribution in [2.75, 3.05) is 18.5 Å². The smallest absolute Gasteiger partial charge is 0.234 e. The summed E-state index contributed by atoms with van der Waals surface area (Å²) in [7, 11) is -4.03. The second-order valence-electron chi connectivity index (χ2n) is 8.11. The van der Waals surface area contributed by atoms with E-state index in [4.69, 9.17) is 13.9 Å². The van der Waals surface area contributed by atoms with Crippen LogP contribution in [0.25, 0.3) is 11.5 Å². The molecular weight excluding hydrogens is 452 g/mol. The number of rotatable bonds is 6. The molecule has 1 aromatic heterocycles. The number of hydrogen-bond acceptors (Lipinski definition) is 7. The second-order valence-corrected chi connectivity index (χ2v) is 9.97. The molecule has 4 aromatic rings. The van der Waals surface area contributed by atoms with E-state index in [2.05, 4.69) is 10.3 Å². The van der Waals surface area contributed by atoms with Gasteiger partial charge in [-0.1, -0.05) is 48.0 Å². The molecule has 5 rings (SSSR count). The van der Waals surface area contributed by atoms with Gasteiger partial charge in [-0.2, -0.15) is 4.98 Å². The molecule has 1 unspecified atom stereocenters. The van der Waals surface area contributed by atoms with Gasteiger partial charge in [0.1, 0.15) is 13.2 Å². The van der Waals surface area contributed by atoms with Crippen molar-refractivity contribution in [2.24, 2.45) is 0 Å². The number of ether oxygens (including phenoxy) is 2. The molecule has 0 bridgehead atoms. The summed E-state index contributed by atoms with van der Waals surface area (Å²) in [6, 6.07) is 21.6. The number of aryl methyl sites for hydroxylation is 1. The molecule has 0 spiro atoms. The van der Waals surface area contributed by atoms with Gasteiger partial charge in [0, 0.05) is 11.6 Å². The second kappa shape index (κ2) is 8.87. The fourth-order valence-electron chi connectivity index (χ4n) is 3.81. The Balaban J connectivity index is 1.59. The minimum atomic E-state index is -4.03. The number of nitrogens with zero attached hydrogens (tertiary/aromatic N) is 1. The largest absolute Gasteiger partial charge is 0.486 e. The van der Waals surface area contributed by atoms with Crippen LogP contribution in [-0.4, -0.2) is 26.6 Å². The van der Waals surface area contributed by atoms with Gasteiger partial charge in [-0.25, -0.2) is 8.42 Å². The highest BCUT2D eigenvalue weighted by Gasteiger charge is 2.31. The molecule has 174 valence electrons. The number of sulfone groups is 1. The van der Waals surface area contributed by atoms with Gasteiger partial charge in [-0.3, -0.25) is 0 Å². The van der Waals surface area contributed by atoms with Crippen molar-refractivity contribution in [3.63, 3.8) is 0 Å². The van der Waals surface area contributed by atoms with Crippen LogP contribution in [0.4, 0.5) is 5.88 Å². The molecule has 1 aliphatic heterocycles. The van der Waals surface area contributed by atoms with Gasteiger partial charge in [0.05, 0.1) is 10.9 Å². The number of hydrogen-bond donors (Lipinski definition) is 1. The van der Waals surface area contributed by atoms with Gasteiger partial charge in [0.2, 0.25) is 26.6 Å². The summed E-state index contributed by atoms with van der Waals surface area (Å²) >= 11 is 0. The van der Waals surface area contributed by atoms with Crippen molar-refractivity contribution in [1.29, 1.82) is 0 Å². The van der Waals surface area contributed by atoms with E-state index in [9.17, 15) is 8.42 Å². The van der Waals surface area contributed by atoms with Gasteiger partial charge in [-0.15, -0.1) is 0 Å². The van der Waals surface area contributed by atoms with E-state index in [-0.39, 0.29) is 27.7 Å². The summed E-state index contributed by atoms with van der Waals surface area (Å²) in [5.74, 6) is 1.22. The van der Waals surface area contributed by atoms with Crippen LogP contribution in [0.5, 0.6) is 11.5 Å². The van der Waals surface area contributed by atoms with Crippen LogP contribution < -0.4 is 14.8 Å². The maximum absolute atomic E-state index is 13.7. The van der Waals surface area contributed by atoms with Crippen LogP contribution in [0.2, 0.25) is 0 Å². The molecule has 3 aromatic carbocycles. The molecule has 0 radical (unpaired) electrons. The molecular formula is C26H24N2O5S. The monoisotopic (exact) mass is 476 g/mol. The van der Waals surface area contributed by atoms with E-state index in [0.29, 0.717) is 30.3 Å². The summed E-state index contributed by atoms with van der Waals surface area (Å²) in [6.45, 7) is 4.67. The number of anilines is 1. The number of benzene rings is 3. The molecule has 1 aliphatic rings. The molecule has 2 heterocycles. The maximum Gasteiger partial charge on any atom is 0.234 e. The Bertz CT molecular complexity index is 1430. The Kier molecular flexibility index (Phi) is 5.75. The summed E-state index contributed by atoms with van der Waals surface area (Å²) in [5, 5.41) is 3.03. The highest BCUT2D eigenvalue weighted by atomic mass is 32.2. The lowest BCUT2D eigenvalue weighted by Crippen LogP contribution is -2.16. The minimum Gasteiger partial charge on any atom is -0.486 e. The van der Waals surface area contributed by atoms with Crippen LogP contribution in [0.15, 0.2) is 87.1 Å². The Morgan fingerprint density at radius 1 is 0.912 bits per heavy atom. The molecule has 1 atom stereocenters. The Morgan fingerprint density at radius 3 is 2.44 bits per heavy atom. The predicted octanol–water partition coefficient (Wildman–Crippen LogP) is 5.43. The van der Waals surface area contributed by atoms with Crippen molar-refractivity contribution in [3.05, 3.63) is 83.9 Å². The maximum atomic E-state index is 13.7. The first-order chi connectivity index (χ1) is 16.4. The molecule has 1 N–H and O–H groups in total. The van der Waals surface area contributed by atoms with Crippen LogP contribution in [0, 0.1) is 6.92 Å². The van der Waals surface area contributed by atoms with Gasteiger partial charge in [0.25, 0.3) is 0 Å². The Labute approximate surface area is 198 Å².